The number of nitrogens with zero attached hydrogens (tertiary/aromatic N) is 2. The second-order valence-corrected chi connectivity index (χ2v) is 5.90. The largest absolute Gasteiger partial charge is 0.364 e. The third-order valence-corrected chi connectivity index (χ3v) is 4.44. The third kappa shape index (κ3) is 3.35. The number of carbonyl (C=O) groups excluding carboxylic acids is 1. The van der Waals surface area contributed by atoms with Crippen LogP contribution in [0.2, 0.25) is 0 Å². The van der Waals surface area contributed by atoms with Gasteiger partial charge < -0.3 is 4.90 Å². The summed E-state index contributed by atoms with van der Waals surface area (Å²) < 4.78 is 26.3. The minimum Gasteiger partial charge on any atom is -0.364 e. The highest BCUT2D eigenvalue weighted by atomic mass is 32.2. The van der Waals surface area contributed by atoms with Crippen LogP contribution in [-0.4, -0.2) is 44.5 Å². The molecule has 0 unspecified atom stereocenters. The Morgan fingerprint density at radius 3 is 2.21 bits per heavy atom. The van der Waals surface area contributed by atoms with E-state index in [1.807, 2.05) is 0 Å². The van der Waals surface area contributed by atoms with Crippen molar-refractivity contribution >= 4 is 16.3 Å². The maximum Gasteiger partial charge on any atom is 0.265 e. The molecule has 1 aromatic rings. The van der Waals surface area contributed by atoms with Crippen LogP contribution in [0.25, 0.3) is 0 Å². The van der Waals surface area contributed by atoms with Crippen molar-refractivity contribution in [3.8, 4) is 0 Å². The van der Waals surface area contributed by atoms with Crippen molar-refractivity contribution in [3.05, 3.63) is 42.2 Å². The van der Waals surface area contributed by atoms with Crippen LogP contribution in [0.1, 0.15) is 6.92 Å². The Morgan fingerprint density at radius 2 is 1.79 bits per heavy atom. The summed E-state index contributed by atoms with van der Waals surface area (Å²) in [5, 5.41) is 0. The minimum absolute atomic E-state index is 0.204. The van der Waals surface area contributed by atoms with E-state index >= 15 is 0 Å². The van der Waals surface area contributed by atoms with Crippen molar-refractivity contribution in [2.75, 3.05) is 20.6 Å². The van der Waals surface area contributed by atoms with Crippen LogP contribution in [0.4, 0.5) is 0 Å². The zero-order valence-electron chi connectivity index (χ0n) is 11.3. The Morgan fingerprint density at radius 1 is 1.21 bits per heavy atom. The van der Waals surface area contributed by atoms with Crippen LogP contribution in [0, 0.1) is 0 Å². The van der Waals surface area contributed by atoms with Crippen molar-refractivity contribution in [1.29, 1.82) is 0 Å². The van der Waals surface area contributed by atoms with Crippen molar-refractivity contribution in [2.24, 2.45) is 0 Å². The number of aldehydes is 1. The highest BCUT2D eigenvalue weighted by Gasteiger charge is 2.25. The molecule has 0 aliphatic rings. The predicted octanol–water partition coefficient (Wildman–Crippen LogP) is 1.30. The van der Waals surface area contributed by atoms with Crippen LogP contribution in [0.3, 0.4) is 0 Å². The lowest BCUT2D eigenvalue weighted by molar-refractivity contribution is -0.104. The molecular formula is C13H18N2O3S. The molecule has 0 aliphatic heterocycles. The first kappa shape index (κ1) is 15.2. The second-order valence-electron chi connectivity index (χ2n) is 4.04. The van der Waals surface area contributed by atoms with E-state index < -0.39 is 10.0 Å². The summed E-state index contributed by atoms with van der Waals surface area (Å²) in [6.07, 6.45) is 1.82. The van der Waals surface area contributed by atoms with E-state index in [0.717, 1.165) is 0 Å². The van der Waals surface area contributed by atoms with Gasteiger partial charge in [-0.1, -0.05) is 18.2 Å². The monoisotopic (exact) mass is 282 g/mol. The summed E-state index contributed by atoms with van der Waals surface area (Å²) in [6, 6.07) is 8.15. The summed E-state index contributed by atoms with van der Waals surface area (Å²) in [7, 11) is -0.267. The van der Waals surface area contributed by atoms with Gasteiger partial charge in [0, 0.05) is 26.7 Å². The van der Waals surface area contributed by atoms with Crippen LogP contribution >= 0.6 is 0 Å². The van der Waals surface area contributed by atoms with Gasteiger partial charge in [0.25, 0.3) is 10.0 Å². The minimum atomic E-state index is -3.65. The normalized spacial score (nSPS) is 12.1. The summed E-state index contributed by atoms with van der Waals surface area (Å²) >= 11 is 0. The Kier molecular flexibility index (Phi) is 5.11. The molecule has 104 valence electrons. The van der Waals surface area contributed by atoms with Gasteiger partial charge in [0.05, 0.1) is 4.90 Å². The average Bonchev–Trinajstić information content (AvgIpc) is 2.39. The molecule has 0 atom stereocenters. The quantitative estimate of drug-likeness (QED) is 0.583. The molecule has 0 aromatic heterocycles. The van der Waals surface area contributed by atoms with Gasteiger partial charge in [-0.15, -0.1) is 0 Å². The molecule has 5 nitrogen and oxygen atoms in total. The van der Waals surface area contributed by atoms with E-state index in [1.54, 1.807) is 44.1 Å². The zero-order valence-corrected chi connectivity index (χ0v) is 12.1. The van der Waals surface area contributed by atoms with E-state index in [0.29, 0.717) is 12.1 Å². The first-order valence-electron chi connectivity index (χ1n) is 5.85. The van der Waals surface area contributed by atoms with E-state index in [1.165, 1.54) is 22.5 Å². The van der Waals surface area contributed by atoms with Crippen LogP contribution in [-0.2, 0) is 14.8 Å². The highest BCUT2D eigenvalue weighted by Crippen LogP contribution is 2.20. The molecule has 0 N–H and O–H groups in total. The van der Waals surface area contributed by atoms with Crippen LogP contribution in [0.5, 0.6) is 0 Å². The summed E-state index contributed by atoms with van der Waals surface area (Å²) in [5.74, 6) is 0.335. The summed E-state index contributed by atoms with van der Waals surface area (Å²) in [6.45, 7) is 1.97. The van der Waals surface area contributed by atoms with E-state index in [2.05, 4.69) is 0 Å². The Balaban J connectivity index is 3.30. The molecule has 1 rings (SSSR count). The topological polar surface area (TPSA) is 57.7 Å². The fraction of sp³-hybridized carbons (Fsp3) is 0.308. The van der Waals surface area contributed by atoms with Crippen LogP contribution in [0.15, 0.2) is 47.1 Å². The number of sulfonamides is 1. The Bertz CT molecular complexity index is 551. The number of hydrogen-bond acceptors (Lipinski definition) is 4. The fourth-order valence-corrected chi connectivity index (χ4v) is 3.26. The third-order valence-electron chi connectivity index (χ3n) is 2.55. The molecule has 0 saturated carbocycles. The molecule has 0 fully saturated rings. The number of hydrogen-bond donors (Lipinski definition) is 0. The van der Waals surface area contributed by atoms with Gasteiger partial charge >= 0.3 is 0 Å². The Labute approximate surface area is 114 Å². The number of carbonyl (C=O) groups is 1. The van der Waals surface area contributed by atoms with Crippen molar-refractivity contribution < 1.29 is 13.2 Å². The van der Waals surface area contributed by atoms with Crippen LogP contribution < -0.4 is 0 Å². The standard InChI is InChI=1S/C13H18N2O3S/c1-4-15(13(10-11-16)14(2)3)19(17,18)12-8-6-5-7-9-12/h5-11H,4H2,1-3H3. The van der Waals surface area contributed by atoms with Gasteiger partial charge in [0.2, 0.25) is 0 Å². The molecule has 6 heteroatoms. The molecule has 0 radical (unpaired) electrons. The van der Waals surface area contributed by atoms with E-state index in [9.17, 15) is 13.2 Å². The van der Waals surface area contributed by atoms with Gasteiger partial charge in [-0.2, -0.15) is 0 Å². The molecule has 0 amide bonds. The SMILES string of the molecule is CCN(C(=CC=O)N(C)C)S(=O)(=O)c1ccccc1. The maximum absolute atomic E-state index is 12.5. The molecular weight excluding hydrogens is 264 g/mol. The van der Waals surface area contributed by atoms with Gasteiger partial charge in [0.15, 0.2) is 0 Å². The molecule has 0 bridgehead atoms. The van der Waals surface area contributed by atoms with Crippen molar-refractivity contribution in [3.63, 3.8) is 0 Å². The van der Waals surface area contributed by atoms with Crippen molar-refractivity contribution in [1.82, 2.24) is 9.21 Å². The summed E-state index contributed by atoms with van der Waals surface area (Å²) in [5.41, 5.74) is 0. The molecule has 0 spiro atoms. The summed E-state index contributed by atoms with van der Waals surface area (Å²) in [4.78, 5) is 12.5. The smallest absolute Gasteiger partial charge is 0.265 e. The van der Waals surface area contributed by atoms with Gasteiger partial charge in [-0.25, -0.2) is 8.42 Å². The second kappa shape index (κ2) is 6.38. The zero-order chi connectivity index (χ0) is 14.5. The Hall–Kier alpha value is -1.82. The lowest BCUT2D eigenvalue weighted by Gasteiger charge is -2.29. The van der Waals surface area contributed by atoms with E-state index in [-0.39, 0.29) is 11.4 Å². The van der Waals surface area contributed by atoms with Gasteiger partial charge in [-0.05, 0) is 19.1 Å². The fourth-order valence-electron chi connectivity index (χ4n) is 1.69. The lowest BCUT2D eigenvalue weighted by Crippen LogP contribution is -2.36. The molecule has 1 aromatic carbocycles. The maximum atomic E-state index is 12.5. The van der Waals surface area contributed by atoms with Crippen molar-refractivity contribution in [2.45, 2.75) is 11.8 Å². The first-order chi connectivity index (χ1) is 8.95. The van der Waals surface area contributed by atoms with Gasteiger partial charge in [-0.3, -0.25) is 9.10 Å². The van der Waals surface area contributed by atoms with E-state index in [4.69, 9.17) is 0 Å². The molecule has 0 heterocycles. The number of benzene rings is 1. The molecule has 0 saturated heterocycles. The lowest BCUT2D eigenvalue weighted by atomic mass is 10.4. The number of allylic oxidation sites excluding steroid dienone is 1. The molecule has 19 heavy (non-hydrogen) atoms. The number of rotatable bonds is 6. The highest BCUT2D eigenvalue weighted by molar-refractivity contribution is 7.89. The first-order valence-corrected chi connectivity index (χ1v) is 7.29. The van der Waals surface area contributed by atoms with Gasteiger partial charge in [0.1, 0.15) is 12.1 Å². The predicted molar refractivity (Wildman–Crippen MR) is 73.8 cm³/mol. The molecule has 0 aliphatic carbocycles. The average molecular weight is 282 g/mol.